The zero-order valence-electron chi connectivity index (χ0n) is 13.3. The van der Waals surface area contributed by atoms with E-state index in [4.69, 9.17) is 9.47 Å². The van der Waals surface area contributed by atoms with E-state index in [2.05, 4.69) is 10.3 Å². The van der Waals surface area contributed by atoms with E-state index >= 15 is 0 Å². The number of amides is 1. The summed E-state index contributed by atoms with van der Waals surface area (Å²) in [6.07, 6.45) is 3.72. The lowest BCUT2D eigenvalue weighted by Gasteiger charge is -2.25. The summed E-state index contributed by atoms with van der Waals surface area (Å²) in [4.78, 5) is 27.8. The third-order valence-corrected chi connectivity index (χ3v) is 3.94. The van der Waals surface area contributed by atoms with Crippen LogP contribution in [0, 0.1) is 5.92 Å². The summed E-state index contributed by atoms with van der Waals surface area (Å²) >= 11 is 0. The van der Waals surface area contributed by atoms with E-state index < -0.39 is 11.7 Å². The number of nitrogens with zero attached hydrogens (tertiary/aromatic N) is 1. The lowest BCUT2D eigenvalue weighted by molar-refractivity contribution is -0.117. The molecule has 1 N–H and O–H groups in total. The van der Waals surface area contributed by atoms with Crippen molar-refractivity contribution in [1.29, 1.82) is 0 Å². The van der Waals surface area contributed by atoms with Crippen molar-refractivity contribution < 1.29 is 19.1 Å². The molecule has 0 saturated heterocycles. The summed E-state index contributed by atoms with van der Waals surface area (Å²) in [7, 11) is 1.61. The van der Waals surface area contributed by atoms with Gasteiger partial charge in [-0.3, -0.25) is 14.6 Å². The minimum absolute atomic E-state index is 0.122. The Labute approximate surface area is 139 Å². The first-order chi connectivity index (χ1) is 11.7. The number of ketones is 1. The fourth-order valence-corrected chi connectivity index (χ4v) is 2.62. The minimum Gasteiger partial charge on any atom is -0.497 e. The van der Waals surface area contributed by atoms with Crippen LogP contribution in [0.2, 0.25) is 0 Å². The molecular weight excluding hydrogens is 308 g/mol. The molecule has 24 heavy (non-hydrogen) atoms. The predicted molar refractivity (Wildman–Crippen MR) is 87.3 cm³/mol. The molecule has 1 aromatic carbocycles. The fraction of sp³-hybridized carbons (Fsp3) is 0.278. The lowest BCUT2D eigenvalue weighted by Crippen LogP contribution is -2.38. The van der Waals surface area contributed by atoms with Gasteiger partial charge in [0.25, 0.3) is 11.7 Å². The molecule has 0 fully saturated rings. The summed E-state index contributed by atoms with van der Waals surface area (Å²) in [5, 5.41) is 2.68. The first kappa shape index (κ1) is 16.0. The van der Waals surface area contributed by atoms with Crippen molar-refractivity contribution in [1.82, 2.24) is 10.3 Å². The Hall–Kier alpha value is -2.89. The van der Waals surface area contributed by atoms with Crippen molar-refractivity contribution in [3.8, 4) is 11.5 Å². The van der Waals surface area contributed by atoms with Crippen molar-refractivity contribution in [3.05, 3.63) is 53.9 Å². The number of benzene rings is 1. The molecule has 0 radical (unpaired) electrons. The number of Topliss-reactive ketones (excluding diaryl/α,β-unsaturated/α-hetero) is 1. The highest BCUT2D eigenvalue weighted by atomic mass is 16.5. The molecule has 0 saturated carbocycles. The number of hydrogen-bond acceptors (Lipinski definition) is 5. The van der Waals surface area contributed by atoms with E-state index in [-0.39, 0.29) is 11.5 Å². The summed E-state index contributed by atoms with van der Waals surface area (Å²) in [5.74, 6) is 0.482. The number of pyridine rings is 1. The summed E-state index contributed by atoms with van der Waals surface area (Å²) in [6.45, 7) is 0.873. The van der Waals surface area contributed by atoms with Gasteiger partial charge in [0.05, 0.1) is 13.7 Å². The molecule has 3 rings (SSSR count). The van der Waals surface area contributed by atoms with E-state index in [9.17, 15) is 9.59 Å². The molecule has 1 aliphatic heterocycles. The average molecular weight is 326 g/mol. The van der Waals surface area contributed by atoms with Gasteiger partial charge in [-0.25, -0.2) is 0 Å². The number of rotatable bonds is 5. The number of carbonyl (C=O) groups is 2. The summed E-state index contributed by atoms with van der Waals surface area (Å²) in [6, 6.07) is 8.90. The third kappa shape index (κ3) is 3.53. The first-order valence-electron chi connectivity index (χ1n) is 7.69. The highest BCUT2D eigenvalue weighted by molar-refractivity contribution is 6.42. The molecule has 1 atom stereocenters. The van der Waals surface area contributed by atoms with E-state index in [1.807, 2.05) is 18.2 Å². The lowest BCUT2D eigenvalue weighted by atomic mass is 9.96. The smallest absolute Gasteiger partial charge is 0.292 e. The maximum absolute atomic E-state index is 12.0. The molecule has 0 aliphatic carbocycles. The second-order valence-corrected chi connectivity index (χ2v) is 5.64. The SMILES string of the molecule is COc1ccc2c(c1)OC[C@H](CNC(=O)C(=O)c1cccnc1)C2. The van der Waals surface area contributed by atoms with Gasteiger partial charge in [0.2, 0.25) is 0 Å². The molecule has 0 bridgehead atoms. The van der Waals surface area contributed by atoms with Gasteiger partial charge in [-0.1, -0.05) is 6.07 Å². The fourth-order valence-electron chi connectivity index (χ4n) is 2.62. The zero-order valence-corrected chi connectivity index (χ0v) is 13.3. The van der Waals surface area contributed by atoms with Crippen LogP contribution in [-0.4, -0.2) is 36.9 Å². The number of carbonyl (C=O) groups excluding carboxylic acids is 2. The van der Waals surface area contributed by atoms with Crippen molar-refractivity contribution in [2.45, 2.75) is 6.42 Å². The van der Waals surface area contributed by atoms with Gasteiger partial charge in [-0.15, -0.1) is 0 Å². The standard InChI is InChI=1S/C18H18N2O4/c1-23-15-5-4-13-7-12(11-24-16(13)8-15)9-20-18(22)17(21)14-3-2-6-19-10-14/h2-6,8,10,12H,7,9,11H2,1H3,(H,20,22)/t12-/m0/s1. The second kappa shape index (κ2) is 7.12. The third-order valence-electron chi connectivity index (χ3n) is 3.94. The Balaban J connectivity index is 1.56. The Bertz CT molecular complexity index is 746. The van der Waals surface area contributed by atoms with Crippen molar-refractivity contribution >= 4 is 11.7 Å². The minimum atomic E-state index is -0.622. The molecule has 124 valence electrons. The van der Waals surface area contributed by atoms with E-state index in [1.54, 1.807) is 25.4 Å². The normalized spacial score (nSPS) is 15.8. The Kier molecular flexibility index (Phi) is 4.74. The first-order valence-corrected chi connectivity index (χ1v) is 7.69. The van der Waals surface area contributed by atoms with Crippen molar-refractivity contribution in [2.24, 2.45) is 5.92 Å². The van der Waals surface area contributed by atoms with Crippen LogP contribution in [0.25, 0.3) is 0 Å². The van der Waals surface area contributed by atoms with Crippen LogP contribution in [0.4, 0.5) is 0 Å². The molecule has 6 heteroatoms. The van der Waals surface area contributed by atoms with Crippen molar-refractivity contribution in [2.75, 3.05) is 20.3 Å². The van der Waals surface area contributed by atoms with Crippen LogP contribution in [-0.2, 0) is 11.2 Å². The Morgan fingerprint density at radius 3 is 3.00 bits per heavy atom. The van der Waals surface area contributed by atoms with E-state index in [1.165, 1.54) is 6.20 Å². The second-order valence-electron chi connectivity index (χ2n) is 5.64. The largest absolute Gasteiger partial charge is 0.497 e. The molecule has 1 aromatic heterocycles. The summed E-state index contributed by atoms with van der Waals surface area (Å²) in [5.41, 5.74) is 1.35. The molecular formula is C18H18N2O4. The van der Waals surface area contributed by atoms with Crippen LogP contribution in [0.1, 0.15) is 15.9 Å². The van der Waals surface area contributed by atoms with Gasteiger partial charge in [0.15, 0.2) is 0 Å². The highest BCUT2D eigenvalue weighted by Gasteiger charge is 2.23. The number of fused-ring (bicyclic) bond motifs is 1. The number of aromatic nitrogens is 1. The van der Waals surface area contributed by atoms with Crippen LogP contribution < -0.4 is 14.8 Å². The van der Waals surface area contributed by atoms with Crippen LogP contribution >= 0.6 is 0 Å². The Morgan fingerprint density at radius 2 is 2.25 bits per heavy atom. The number of nitrogens with one attached hydrogen (secondary N) is 1. The van der Waals surface area contributed by atoms with Gasteiger partial charge in [-0.2, -0.15) is 0 Å². The molecule has 2 aromatic rings. The average Bonchev–Trinajstić information content (AvgIpc) is 2.65. The number of hydrogen-bond donors (Lipinski definition) is 1. The van der Waals surface area contributed by atoms with E-state index in [0.29, 0.717) is 13.2 Å². The van der Waals surface area contributed by atoms with Gasteiger partial charge < -0.3 is 14.8 Å². The monoisotopic (exact) mass is 326 g/mol. The number of ether oxygens (including phenoxy) is 2. The quantitative estimate of drug-likeness (QED) is 0.668. The van der Waals surface area contributed by atoms with Crippen LogP contribution in [0.3, 0.4) is 0 Å². The van der Waals surface area contributed by atoms with Gasteiger partial charge in [0, 0.05) is 36.5 Å². The Morgan fingerprint density at radius 1 is 1.38 bits per heavy atom. The number of methoxy groups -OCH3 is 1. The molecule has 2 heterocycles. The van der Waals surface area contributed by atoms with Gasteiger partial charge >= 0.3 is 0 Å². The van der Waals surface area contributed by atoms with E-state index in [0.717, 1.165) is 23.5 Å². The molecule has 6 nitrogen and oxygen atoms in total. The molecule has 0 spiro atoms. The highest BCUT2D eigenvalue weighted by Crippen LogP contribution is 2.30. The molecule has 1 amide bonds. The molecule has 1 aliphatic rings. The van der Waals surface area contributed by atoms with Gasteiger partial charge in [-0.05, 0) is 30.2 Å². The van der Waals surface area contributed by atoms with Crippen LogP contribution in [0.15, 0.2) is 42.7 Å². The van der Waals surface area contributed by atoms with Crippen molar-refractivity contribution in [3.63, 3.8) is 0 Å². The van der Waals surface area contributed by atoms with Crippen LogP contribution in [0.5, 0.6) is 11.5 Å². The molecule has 0 unspecified atom stereocenters. The predicted octanol–water partition coefficient (Wildman–Crippen LogP) is 1.64. The maximum atomic E-state index is 12.0. The zero-order chi connectivity index (χ0) is 16.9. The summed E-state index contributed by atoms with van der Waals surface area (Å²) < 4.78 is 10.9. The topological polar surface area (TPSA) is 77.5 Å². The van der Waals surface area contributed by atoms with Gasteiger partial charge in [0.1, 0.15) is 11.5 Å². The maximum Gasteiger partial charge on any atom is 0.292 e.